The normalized spacial score (nSPS) is 11.1. The van der Waals surface area contributed by atoms with E-state index >= 15 is 0 Å². The molecule has 0 bridgehead atoms. The van der Waals surface area contributed by atoms with Gasteiger partial charge in [0.15, 0.2) is 5.76 Å². The molecule has 0 aliphatic rings. The maximum atomic E-state index is 13.2. The summed E-state index contributed by atoms with van der Waals surface area (Å²) in [7, 11) is 0. The number of amides is 1. The third-order valence-corrected chi connectivity index (χ3v) is 4.61. The Balaban J connectivity index is 1.83. The van der Waals surface area contributed by atoms with Crippen molar-refractivity contribution in [3.05, 3.63) is 65.0 Å². The molecule has 0 unspecified atom stereocenters. The number of hydrogen-bond acceptors (Lipinski definition) is 5. The van der Waals surface area contributed by atoms with Gasteiger partial charge in [-0.25, -0.2) is 4.98 Å². The number of nitrogens with one attached hydrogen (secondary N) is 1. The fourth-order valence-corrected chi connectivity index (χ4v) is 3.21. The molecule has 0 radical (unpaired) electrons. The van der Waals surface area contributed by atoms with Gasteiger partial charge in [-0.3, -0.25) is 4.79 Å². The van der Waals surface area contributed by atoms with Gasteiger partial charge in [-0.1, -0.05) is 30.3 Å². The second kappa shape index (κ2) is 6.72. The molecule has 0 aliphatic carbocycles. The molecule has 0 saturated carbocycles. The molecule has 3 heterocycles. The molecule has 0 aliphatic heterocycles. The van der Waals surface area contributed by atoms with Crippen LogP contribution in [0.15, 0.2) is 51.6 Å². The zero-order valence-corrected chi connectivity index (χ0v) is 15.4. The summed E-state index contributed by atoms with van der Waals surface area (Å²) in [5, 5.41) is 7.64. The van der Waals surface area contributed by atoms with Crippen LogP contribution in [0.1, 0.15) is 34.1 Å². The summed E-state index contributed by atoms with van der Waals surface area (Å²) < 4.78 is 10.7. The van der Waals surface area contributed by atoms with E-state index in [-0.39, 0.29) is 5.91 Å². The number of pyridine rings is 1. The molecule has 0 spiro atoms. The van der Waals surface area contributed by atoms with Crippen LogP contribution in [0.5, 0.6) is 0 Å². The van der Waals surface area contributed by atoms with Crippen LogP contribution < -0.4 is 5.32 Å². The Hall–Kier alpha value is -3.41. The van der Waals surface area contributed by atoms with Crippen molar-refractivity contribution >= 4 is 22.7 Å². The van der Waals surface area contributed by atoms with Crippen LogP contribution in [0.2, 0.25) is 0 Å². The molecule has 0 fully saturated rings. The number of rotatable bonds is 4. The van der Waals surface area contributed by atoms with E-state index in [4.69, 9.17) is 8.94 Å². The van der Waals surface area contributed by atoms with Crippen LogP contribution in [-0.4, -0.2) is 16.0 Å². The molecule has 6 heteroatoms. The first-order valence-corrected chi connectivity index (χ1v) is 8.79. The zero-order chi connectivity index (χ0) is 19.0. The van der Waals surface area contributed by atoms with Crippen LogP contribution in [-0.2, 0) is 6.42 Å². The van der Waals surface area contributed by atoms with Crippen molar-refractivity contribution in [3.8, 4) is 11.5 Å². The van der Waals surface area contributed by atoms with Crippen molar-refractivity contribution in [2.24, 2.45) is 0 Å². The van der Waals surface area contributed by atoms with Crippen molar-refractivity contribution in [1.29, 1.82) is 0 Å². The lowest BCUT2D eigenvalue weighted by Crippen LogP contribution is -2.15. The van der Waals surface area contributed by atoms with Gasteiger partial charge in [0.05, 0.1) is 22.9 Å². The lowest BCUT2D eigenvalue weighted by Gasteiger charge is -2.13. The first-order chi connectivity index (χ1) is 13.1. The van der Waals surface area contributed by atoms with Crippen LogP contribution in [0, 0.1) is 13.8 Å². The Morgan fingerprint density at radius 2 is 2.04 bits per heavy atom. The van der Waals surface area contributed by atoms with Crippen molar-refractivity contribution in [3.63, 3.8) is 0 Å². The number of carbonyl (C=O) groups is 1. The van der Waals surface area contributed by atoms with Crippen molar-refractivity contribution < 1.29 is 13.7 Å². The largest absolute Gasteiger partial charge is 0.463 e. The van der Waals surface area contributed by atoms with Crippen LogP contribution in [0.4, 0.5) is 5.69 Å². The van der Waals surface area contributed by atoms with Gasteiger partial charge in [-0.2, -0.15) is 0 Å². The first-order valence-electron chi connectivity index (χ1n) is 8.79. The van der Waals surface area contributed by atoms with Crippen molar-refractivity contribution in [2.45, 2.75) is 27.2 Å². The molecular weight excluding hydrogens is 342 g/mol. The van der Waals surface area contributed by atoms with E-state index in [1.165, 1.54) is 0 Å². The summed E-state index contributed by atoms with van der Waals surface area (Å²) in [6.07, 6.45) is 2.39. The number of hydrogen-bond donors (Lipinski definition) is 1. The van der Waals surface area contributed by atoms with Gasteiger partial charge in [-0.05, 0) is 49.6 Å². The van der Waals surface area contributed by atoms with E-state index < -0.39 is 0 Å². The van der Waals surface area contributed by atoms with Gasteiger partial charge in [0.2, 0.25) is 0 Å². The minimum atomic E-state index is -0.231. The lowest BCUT2D eigenvalue weighted by molar-refractivity contribution is 0.102. The van der Waals surface area contributed by atoms with Gasteiger partial charge in [-0.15, -0.1) is 0 Å². The molecule has 4 aromatic rings. The number of aryl methyl sites for hydroxylation is 3. The number of fused-ring (bicyclic) bond motifs is 1. The standard InChI is InChI=1S/C21H19N3O3/c1-4-14-8-5-7-12(2)19(14)23-20(25)15-11-16(17-9-6-10-26-17)22-21-18(15)13(3)24-27-21/h5-11H,4H2,1-3H3,(H,23,25). The highest BCUT2D eigenvalue weighted by Crippen LogP contribution is 2.29. The summed E-state index contributed by atoms with van der Waals surface area (Å²) in [5.41, 5.74) is 4.85. The van der Waals surface area contributed by atoms with Crippen LogP contribution in [0.3, 0.4) is 0 Å². The monoisotopic (exact) mass is 361 g/mol. The molecule has 27 heavy (non-hydrogen) atoms. The summed E-state index contributed by atoms with van der Waals surface area (Å²) in [6, 6.07) is 11.3. The lowest BCUT2D eigenvalue weighted by atomic mass is 10.0. The first kappa shape index (κ1) is 17.0. The number of carbonyl (C=O) groups excluding carboxylic acids is 1. The fraction of sp³-hybridized carbons (Fsp3) is 0.190. The maximum absolute atomic E-state index is 13.2. The van der Waals surface area contributed by atoms with E-state index in [0.29, 0.717) is 33.8 Å². The third-order valence-electron chi connectivity index (χ3n) is 4.61. The van der Waals surface area contributed by atoms with Crippen molar-refractivity contribution in [2.75, 3.05) is 5.32 Å². The molecule has 136 valence electrons. The highest BCUT2D eigenvalue weighted by atomic mass is 16.5. The zero-order valence-electron chi connectivity index (χ0n) is 15.4. The topological polar surface area (TPSA) is 81.2 Å². The molecule has 0 atom stereocenters. The smallest absolute Gasteiger partial charge is 0.259 e. The van der Waals surface area contributed by atoms with E-state index in [1.54, 1.807) is 31.4 Å². The van der Waals surface area contributed by atoms with Crippen LogP contribution in [0.25, 0.3) is 22.6 Å². The number of para-hydroxylation sites is 1. The molecule has 1 amide bonds. The number of nitrogens with zero attached hydrogens (tertiary/aromatic N) is 2. The Bertz CT molecular complexity index is 1130. The highest BCUT2D eigenvalue weighted by molar-refractivity contribution is 6.13. The number of anilines is 1. The molecule has 1 aromatic carbocycles. The average Bonchev–Trinajstić information content (AvgIpc) is 3.33. The van der Waals surface area contributed by atoms with Gasteiger partial charge >= 0.3 is 0 Å². The summed E-state index contributed by atoms with van der Waals surface area (Å²) >= 11 is 0. The fourth-order valence-electron chi connectivity index (χ4n) is 3.21. The van der Waals surface area contributed by atoms with E-state index in [9.17, 15) is 4.79 Å². The predicted molar refractivity (Wildman–Crippen MR) is 103 cm³/mol. The Morgan fingerprint density at radius 3 is 2.78 bits per heavy atom. The van der Waals surface area contributed by atoms with E-state index in [0.717, 1.165) is 23.2 Å². The van der Waals surface area contributed by atoms with Crippen LogP contribution >= 0.6 is 0 Å². The predicted octanol–water partition coefficient (Wildman–Crippen LogP) is 4.91. The molecular formula is C21H19N3O3. The molecule has 1 N–H and O–H groups in total. The van der Waals surface area contributed by atoms with E-state index in [1.807, 2.05) is 25.1 Å². The second-order valence-electron chi connectivity index (χ2n) is 6.40. The van der Waals surface area contributed by atoms with Gasteiger partial charge in [0, 0.05) is 5.69 Å². The van der Waals surface area contributed by atoms with Gasteiger partial charge in [0.1, 0.15) is 5.69 Å². The second-order valence-corrected chi connectivity index (χ2v) is 6.40. The Kier molecular flexibility index (Phi) is 4.24. The summed E-state index contributed by atoms with van der Waals surface area (Å²) in [5.74, 6) is 0.329. The molecule has 6 nitrogen and oxygen atoms in total. The molecule has 4 rings (SSSR count). The summed E-state index contributed by atoms with van der Waals surface area (Å²) in [6.45, 7) is 5.84. The summed E-state index contributed by atoms with van der Waals surface area (Å²) in [4.78, 5) is 17.6. The highest BCUT2D eigenvalue weighted by Gasteiger charge is 2.21. The van der Waals surface area contributed by atoms with Gasteiger partial charge < -0.3 is 14.3 Å². The SMILES string of the molecule is CCc1cccc(C)c1NC(=O)c1cc(-c2ccco2)nc2onc(C)c12. The maximum Gasteiger partial charge on any atom is 0.259 e. The van der Waals surface area contributed by atoms with Gasteiger partial charge in [0.25, 0.3) is 11.6 Å². The quantitative estimate of drug-likeness (QED) is 0.558. The van der Waals surface area contributed by atoms with E-state index in [2.05, 4.69) is 22.4 Å². The average molecular weight is 361 g/mol. The molecule has 3 aromatic heterocycles. The Morgan fingerprint density at radius 1 is 1.19 bits per heavy atom. The number of aromatic nitrogens is 2. The Labute approximate surface area is 156 Å². The minimum absolute atomic E-state index is 0.231. The van der Waals surface area contributed by atoms with Crippen molar-refractivity contribution in [1.82, 2.24) is 10.1 Å². The number of furan rings is 1. The minimum Gasteiger partial charge on any atom is -0.463 e. The third kappa shape index (κ3) is 2.99. The molecule has 0 saturated heterocycles. The number of benzene rings is 1.